The minimum Gasteiger partial charge on any atom is -0.490 e. The molecule has 0 unspecified atom stereocenters. The first-order valence-corrected chi connectivity index (χ1v) is 9.06. The van der Waals surface area contributed by atoms with E-state index in [4.69, 9.17) is 9.47 Å². The SMILES string of the molecule is CCOc1cc(/C=N\Nc2nc(C)cc(C)n2)ccc1O[C@@H](C)C(=O)N(C)C. The molecule has 0 saturated heterocycles. The molecular weight excluding hydrogens is 358 g/mol. The fourth-order valence-electron chi connectivity index (χ4n) is 2.52. The van der Waals surface area contributed by atoms with Crippen LogP contribution < -0.4 is 14.9 Å². The highest BCUT2D eigenvalue weighted by Crippen LogP contribution is 2.29. The first-order chi connectivity index (χ1) is 13.3. The van der Waals surface area contributed by atoms with Crippen molar-refractivity contribution in [3.05, 3.63) is 41.2 Å². The highest BCUT2D eigenvalue weighted by Gasteiger charge is 2.18. The molecular formula is C20H27N5O3. The van der Waals surface area contributed by atoms with Crippen molar-refractivity contribution in [2.24, 2.45) is 5.10 Å². The van der Waals surface area contributed by atoms with E-state index in [2.05, 4.69) is 20.5 Å². The Morgan fingerprint density at radius 3 is 2.50 bits per heavy atom. The van der Waals surface area contributed by atoms with Crippen molar-refractivity contribution in [1.29, 1.82) is 0 Å². The van der Waals surface area contributed by atoms with E-state index in [0.717, 1.165) is 17.0 Å². The zero-order valence-electron chi connectivity index (χ0n) is 17.2. The van der Waals surface area contributed by atoms with Gasteiger partial charge in [-0.1, -0.05) is 0 Å². The number of ether oxygens (including phenoxy) is 2. The molecule has 1 heterocycles. The summed E-state index contributed by atoms with van der Waals surface area (Å²) in [6.07, 6.45) is 1.03. The van der Waals surface area contributed by atoms with Gasteiger partial charge in [0.2, 0.25) is 5.95 Å². The van der Waals surface area contributed by atoms with Crippen LogP contribution in [0, 0.1) is 13.8 Å². The topological polar surface area (TPSA) is 88.9 Å². The average molecular weight is 385 g/mol. The van der Waals surface area contributed by atoms with Crippen LogP contribution >= 0.6 is 0 Å². The van der Waals surface area contributed by atoms with Gasteiger partial charge in [0.15, 0.2) is 17.6 Å². The molecule has 150 valence electrons. The monoisotopic (exact) mass is 385 g/mol. The number of likely N-dealkylation sites (N-methyl/N-ethyl adjacent to an activating group) is 1. The molecule has 2 aromatic rings. The van der Waals surface area contributed by atoms with Gasteiger partial charge >= 0.3 is 0 Å². The first kappa shape index (κ1) is 21.1. The standard InChI is InChI=1S/C20H27N5O3/c1-7-27-18-11-16(8-9-17(18)28-15(4)19(26)25(5)6)12-21-24-20-22-13(2)10-14(3)23-20/h8-12,15H,7H2,1-6H3,(H,22,23,24)/b21-12-/t15-/m0/s1. The van der Waals surface area contributed by atoms with Gasteiger partial charge in [-0.05, 0) is 57.5 Å². The summed E-state index contributed by atoms with van der Waals surface area (Å²) in [7, 11) is 3.38. The molecule has 1 atom stereocenters. The van der Waals surface area contributed by atoms with Gasteiger partial charge in [-0.2, -0.15) is 5.10 Å². The normalized spacial score (nSPS) is 11.9. The van der Waals surface area contributed by atoms with E-state index in [0.29, 0.717) is 24.1 Å². The molecule has 1 amide bonds. The number of aromatic nitrogens is 2. The van der Waals surface area contributed by atoms with Crippen LogP contribution in [0.15, 0.2) is 29.4 Å². The lowest BCUT2D eigenvalue weighted by Crippen LogP contribution is -2.35. The number of carbonyl (C=O) groups excluding carboxylic acids is 1. The van der Waals surface area contributed by atoms with Gasteiger partial charge in [0.05, 0.1) is 12.8 Å². The summed E-state index contributed by atoms with van der Waals surface area (Å²) < 4.78 is 11.4. The van der Waals surface area contributed by atoms with Crippen LogP contribution in [-0.2, 0) is 4.79 Å². The molecule has 1 aromatic carbocycles. The Morgan fingerprint density at radius 1 is 1.21 bits per heavy atom. The number of nitrogens with one attached hydrogen (secondary N) is 1. The third-order valence-corrected chi connectivity index (χ3v) is 3.72. The number of hydrogen-bond donors (Lipinski definition) is 1. The van der Waals surface area contributed by atoms with Gasteiger partial charge in [-0.25, -0.2) is 15.4 Å². The fraction of sp³-hybridized carbons (Fsp3) is 0.400. The summed E-state index contributed by atoms with van der Waals surface area (Å²) in [6, 6.07) is 7.29. The minimum atomic E-state index is -0.614. The Hall–Kier alpha value is -3.16. The van der Waals surface area contributed by atoms with Crippen LogP contribution in [0.4, 0.5) is 5.95 Å². The van der Waals surface area contributed by atoms with Gasteiger partial charge in [0.25, 0.3) is 5.91 Å². The van der Waals surface area contributed by atoms with Crippen molar-refractivity contribution in [3.8, 4) is 11.5 Å². The molecule has 0 aliphatic rings. The quantitative estimate of drug-likeness (QED) is 0.555. The van der Waals surface area contributed by atoms with Crippen LogP contribution in [0.1, 0.15) is 30.8 Å². The first-order valence-electron chi connectivity index (χ1n) is 9.06. The maximum Gasteiger partial charge on any atom is 0.262 e. The molecule has 0 fully saturated rings. The third kappa shape index (κ3) is 5.94. The third-order valence-electron chi connectivity index (χ3n) is 3.72. The zero-order chi connectivity index (χ0) is 20.7. The molecule has 2 rings (SSSR count). The lowest BCUT2D eigenvalue weighted by atomic mass is 10.2. The van der Waals surface area contributed by atoms with Crippen molar-refractivity contribution in [3.63, 3.8) is 0 Å². The molecule has 1 aromatic heterocycles. The number of nitrogens with zero attached hydrogens (tertiary/aromatic N) is 4. The number of amides is 1. The zero-order valence-corrected chi connectivity index (χ0v) is 17.2. The van der Waals surface area contributed by atoms with E-state index in [1.165, 1.54) is 4.90 Å². The van der Waals surface area contributed by atoms with E-state index in [1.54, 1.807) is 39.4 Å². The van der Waals surface area contributed by atoms with Crippen LogP contribution in [0.3, 0.4) is 0 Å². The average Bonchev–Trinajstić information content (AvgIpc) is 2.62. The molecule has 0 bridgehead atoms. The summed E-state index contributed by atoms with van der Waals surface area (Å²) in [6.45, 7) is 7.87. The number of anilines is 1. The second kappa shape index (κ2) is 9.68. The minimum absolute atomic E-state index is 0.120. The van der Waals surface area contributed by atoms with Gasteiger partial charge in [0.1, 0.15) is 0 Å². The van der Waals surface area contributed by atoms with Crippen LogP contribution in [0.2, 0.25) is 0 Å². The predicted molar refractivity (Wildman–Crippen MR) is 109 cm³/mol. The lowest BCUT2D eigenvalue weighted by Gasteiger charge is -2.20. The molecule has 0 aliphatic carbocycles. The number of hydrazone groups is 1. The fourth-order valence-corrected chi connectivity index (χ4v) is 2.52. The van der Waals surface area contributed by atoms with Crippen molar-refractivity contribution < 1.29 is 14.3 Å². The second-order valence-electron chi connectivity index (χ2n) is 6.48. The Kier molecular flexibility index (Phi) is 7.31. The van der Waals surface area contributed by atoms with Gasteiger partial charge in [-0.15, -0.1) is 0 Å². The Morgan fingerprint density at radius 2 is 1.89 bits per heavy atom. The largest absolute Gasteiger partial charge is 0.490 e. The van der Waals surface area contributed by atoms with E-state index in [9.17, 15) is 4.79 Å². The number of carbonyl (C=O) groups is 1. The highest BCUT2D eigenvalue weighted by molar-refractivity contribution is 5.82. The molecule has 1 N–H and O–H groups in total. The molecule has 8 heteroatoms. The van der Waals surface area contributed by atoms with Crippen LogP contribution in [-0.4, -0.2) is 53.8 Å². The van der Waals surface area contributed by atoms with E-state index >= 15 is 0 Å². The molecule has 0 spiro atoms. The molecule has 8 nitrogen and oxygen atoms in total. The maximum absolute atomic E-state index is 12.0. The van der Waals surface area contributed by atoms with Crippen molar-refractivity contribution in [2.45, 2.75) is 33.8 Å². The van der Waals surface area contributed by atoms with E-state index in [1.807, 2.05) is 32.9 Å². The maximum atomic E-state index is 12.0. The molecule has 0 saturated carbocycles. The van der Waals surface area contributed by atoms with Crippen LogP contribution in [0.25, 0.3) is 0 Å². The number of rotatable bonds is 8. The summed E-state index contributed by atoms with van der Waals surface area (Å²) in [4.78, 5) is 22.1. The van der Waals surface area contributed by atoms with Crippen molar-refractivity contribution in [1.82, 2.24) is 14.9 Å². The number of aryl methyl sites for hydroxylation is 2. The smallest absolute Gasteiger partial charge is 0.262 e. The van der Waals surface area contributed by atoms with E-state index < -0.39 is 6.10 Å². The number of benzene rings is 1. The summed E-state index contributed by atoms with van der Waals surface area (Å²) in [5, 5.41) is 4.18. The number of hydrogen-bond acceptors (Lipinski definition) is 7. The summed E-state index contributed by atoms with van der Waals surface area (Å²) in [5.41, 5.74) is 5.37. The lowest BCUT2D eigenvalue weighted by molar-refractivity contribution is -0.135. The predicted octanol–water partition coefficient (Wildman–Crippen LogP) is 2.79. The van der Waals surface area contributed by atoms with E-state index in [-0.39, 0.29) is 5.91 Å². The van der Waals surface area contributed by atoms with Crippen LogP contribution in [0.5, 0.6) is 11.5 Å². The Balaban J connectivity index is 2.13. The Bertz CT molecular complexity index is 831. The van der Waals surface area contributed by atoms with Crippen molar-refractivity contribution in [2.75, 3.05) is 26.1 Å². The Labute approximate surface area is 165 Å². The van der Waals surface area contributed by atoms with Gasteiger partial charge in [-0.3, -0.25) is 4.79 Å². The molecule has 0 radical (unpaired) electrons. The second-order valence-corrected chi connectivity index (χ2v) is 6.48. The molecule has 28 heavy (non-hydrogen) atoms. The highest BCUT2D eigenvalue weighted by atomic mass is 16.5. The summed E-state index contributed by atoms with van der Waals surface area (Å²) >= 11 is 0. The van der Waals surface area contributed by atoms with Gasteiger partial charge < -0.3 is 14.4 Å². The van der Waals surface area contributed by atoms with Gasteiger partial charge in [0, 0.05) is 25.5 Å². The summed E-state index contributed by atoms with van der Waals surface area (Å²) in [5.74, 6) is 1.38. The molecule has 0 aliphatic heterocycles. The van der Waals surface area contributed by atoms with Crippen molar-refractivity contribution >= 4 is 18.1 Å².